The lowest BCUT2D eigenvalue weighted by Gasteiger charge is -2.44. The van der Waals surface area contributed by atoms with E-state index >= 15 is 0 Å². The van der Waals surface area contributed by atoms with Crippen LogP contribution < -0.4 is 0 Å². The number of aliphatic hydroxyl groups excluding tert-OH is 2. The smallest absolute Gasteiger partial charge is 0.226 e. The molecule has 5 heterocycles. The highest BCUT2D eigenvalue weighted by Crippen LogP contribution is 2.55. The van der Waals surface area contributed by atoms with Gasteiger partial charge in [0.1, 0.15) is 5.76 Å². The fraction of sp³-hybridized carbons (Fsp3) is 0.380. The molecule has 484 valence electrons. The number of aliphatic hydroxyl groups is 2. The Bertz CT molecular complexity index is 4600. The molecule has 16 nitrogen and oxygen atoms in total. The molecular formula is C79H83N11O5. The van der Waals surface area contributed by atoms with Crippen LogP contribution in [0.4, 0.5) is 0 Å². The topological polar surface area (TPSA) is 202 Å². The number of carbonyl (C=O) groups excluding carboxylic acids is 2. The van der Waals surface area contributed by atoms with Crippen molar-refractivity contribution in [3.8, 4) is 45.0 Å². The second-order valence-electron chi connectivity index (χ2n) is 28.2. The summed E-state index contributed by atoms with van der Waals surface area (Å²) in [7, 11) is 5.23. The van der Waals surface area contributed by atoms with Crippen molar-refractivity contribution in [1.29, 1.82) is 0 Å². The van der Waals surface area contributed by atoms with Gasteiger partial charge in [0.15, 0.2) is 11.6 Å². The zero-order valence-electron chi connectivity index (χ0n) is 56.3. The first-order chi connectivity index (χ1) is 46.5. The molecule has 0 aliphatic heterocycles. The van der Waals surface area contributed by atoms with Crippen LogP contribution in [0.15, 0.2) is 167 Å². The van der Waals surface area contributed by atoms with Crippen molar-refractivity contribution in [2.45, 2.75) is 153 Å². The molecule has 0 radical (unpaired) electrons. The lowest BCUT2D eigenvalue weighted by atomic mass is 9.59. The fourth-order valence-electron chi connectivity index (χ4n) is 17.6. The molecule has 95 heavy (non-hydrogen) atoms. The molecule has 0 saturated heterocycles. The summed E-state index contributed by atoms with van der Waals surface area (Å²) in [6.45, 7) is 23.6. The minimum atomic E-state index is -0.327. The molecular weight excluding hydrogens is 1180 g/mol. The van der Waals surface area contributed by atoms with Crippen molar-refractivity contribution >= 4 is 11.6 Å². The van der Waals surface area contributed by atoms with Crippen LogP contribution in [-0.4, -0.2) is 66.9 Å². The van der Waals surface area contributed by atoms with Gasteiger partial charge in [-0.05, 0) is 101 Å². The van der Waals surface area contributed by atoms with Crippen LogP contribution in [0.5, 0.6) is 0 Å². The lowest BCUT2D eigenvalue weighted by Crippen LogP contribution is -2.43. The Morgan fingerprint density at radius 1 is 0.589 bits per heavy atom. The molecule has 8 atom stereocenters. The minimum absolute atomic E-state index is 0.0184. The van der Waals surface area contributed by atoms with Crippen LogP contribution in [0.3, 0.4) is 0 Å². The molecule has 4 N–H and O–H groups in total. The van der Waals surface area contributed by atoms with E-state index in [1.54, 1.807) is 0 Å². The summed E-state index contributed by atoms with van der Waals surface area (Å²) >= 11 is 0. The molecule has 0 spiro atoms. The van der Waals surface area contributed by atoms with Crippen molar-refractivity contribution in [1.82, 2.24) is 45.1 Å². The first-order valence-corrected chi connectivity index (χ1v) is 33.2. The van der Waals surface area contributed by atoms with Gasteiger partial charge in [0.25, 0.3) is 0 Å². The van der Waals surface area contributed by atoms with E-state index in [1.807, 2.05) is 78.2 Å². The van der Waals surface area contributed by atoms with Gasteiger partial charge < -0.3 is 19.5 Å². The molecule has 1 fully saturated rings. The third-order valence-corrected chi connectivity index (χ3v) is 22.9. The Morgan fingerprint density at radius 3 is 1.58 bits per heavy atom. The number of nitrogens with one attached hydrogen (secondary N) is 2. The maximum Gasteiger partial charge on any atom is 0.226 e. The number of Topliss-reactive ketones (excluding diaryl/α,β-unsaturated/α-hetero) is 2. The van der Waals surface area contributed by atoms with Gasteiger partial charge in [-0.3, -0.25) is 24.4 Å². The number of hydrogen-bond acceptors (Lipinski definition) is 10. The van der Waals surface area contributed by atoms with E-state index in [0.29, 0.717) is 61.1 Å². The summed E-state index contributed by atoms with van der Waals surface area (Å²) < 4.78 is 15.1. The predicted octanol–water partition coefficient (Wildman–Crippen LogP) is 16.1. The number of nitrogens with zero attached hydrogens (tertiary/aromatic N) is 9. The maximum absolute atomic E-state index is 12.1. The first kappa shape index (κ1) is 62.5. The van der Waals surface area contributed by atoms with E-state index in [1.165, 1.54) is 64.2 Å². The molecule has 8 aliphatic rings. The SMILES string of the molecule is C[C@]12C/C(=C/O)C(=O)C[C@@H]1CCc1c(-c3ccccc3)n[nH]c12.C[C@]12Cc3cnoc3C[C@@H]1CCc1c(-c3ccccc3)n[nH]c12.[3H]C.[C-]#[N+]C1=C(O)C[C@@H]2CCc3c(nn(C)c3-c3ccccc3)[C@@]2(C)C1.[C-]#[N+]C1=C[C@]2(C)c3nn(C)c(-c4ccccc4)c3CC[C@H]2CC1=O. The van der Waals surface area contributed by atoms with E-state index in [-0.39, 0.29) is 50.6 Å². The number of hydrogen-bond donors (Lipinski definition) is 4. The fourth-order valence-corrected chi connectivity index (χ4v) is 17.6. The summed E-state index contributed by atoms with van der Waals surface area (Å²) in [5.74, 6) is 2.94. The quantitative estimate of drug-likeness (QED) is 0.0746. The van der Waals surface area contributed by atoms with Gasteiger partial charge in [-0.1, -0.05) is 168 Å². The standard InChI is InChI=1S/C20H21N3O.C20H19N3O.C19H19N3O.C19H20N2O2.CH4/c2*1-20-12-16(21-2)17(24)11-14(20)9-10-15-18(23(3)22-19(15)20)13-7-5-4-6-8-13;1-19-10-13-11-20-23-16(13)9-14(19)7-8-15-17(21-22-18(15)19)12-5-3-2-4-6-12;1-19-10-13(11-22)16(23)9-14(19)7-8-15-17(20-21-18(15)19)12-5-3-2-4-6-12;/h4-8,14,24H,9-12H2,1,3H3;4-8,12,14H,9-11H2,1,3H3;2-6,11,14H,7-10H2,1H3,(H,21,22);2-6,11,14,22H,7-10H2,1H3,(H,20,21);1H4/b;;;13-11-;/t2*14-,20-;2*14-,19-;/m0000./s1/i;;;;1T. The number of aryl methyl sites for hydroxylation is 2. The Hall–Kier alpha value is -9.93. The van der Waals surface area contributed by atoms with Crippen molar-refractivity contribution in [3.63, 3.8) is 0 Å². The van der Waals surface area contributed by atoms with Crippen LogP contribution in [0.1, 0.15) is 151 Å². The monoisotopic (exact) mass is 1270 g/mol. The largest absolute Gasteiger partial charge is 0.524 e. The number of H-pyrrole nitrogens is 2. The van der Waals surface area contributed by atoms with Gasteiger partial charge in [0.2, 0.25) is 11.4 Å². The summed E-state index contributed by atoms with van der Waals surface area (Å²) in [5.41, 5.74) is 21.0. The average Bonchev–Trinajstić information content (AvgIpc) is 1.58. The average molecular weight is 1270 g/mol. The van der Waals surface area contributed by atoms with Crippen molar-refractivity contribution < 1.29 is 25.7 Å². The molecule has 0 unspecified atom stereocenters. The van der Waals surface area contributed by atoms with Crippen LogP contribution in [0, 0.1) is 36.8 Å². The highest BCUT2D eigenvalue weighted by atomic mass is 16.5. The molecule has 16 heteroatoms. The summed E-state index contributed by atoms with van der Waals surface area (Å²) in [6.07, 6.45) is 17.6. The van der Waals surface area contributed by atoms with Gasteiger partial charge in [0, 0.05) is 123 Å². The van der Waals surface area contributed by atoms with Crippen LogP contribution >= 0.6 is 0 Å². The Labute approximate surface area is 557 Å². The van der Waals surface area contributed by atoms with E-state index in [9.17, 15) is 19.8 Å². The molecule has 0 bridgehead atoms. The van der Waals surface area contributed by atoms with Gasteiger partial charge in [-0.2, -0.15) is 20.4 Å². The normalized spacial score (nSPS) is 26.1. The van der Waals surface area contributed by atoms with Gasteiger partial charge in [-0.25, -0.2) is 9.69 Å². The number of ketones is 2. The Kier molecular flexibility index (Phi) is 16.5. The highest BCUT2D eigenvalue weighted by molar-refractivity contribution is 5.99. The van der Waals surface area contributed by atoms with E-state index in [2.05, 4.69) is 142 Å². The summed E-state index contributed by atoms with van der Waals surface area (Å²) in [6, 6.07) is 41.4. The molecule has 1 saturated carbocycles. The zero-order chi connectivity index (χ0) is 67.3. The highest BCUT2D eigenvalue weighted by Gasteiger charge is 2.51. The van der Waals surface area contributed by atoms with Gasteiger partial charge in [-0.15, -0.1) is 0 Å². The number of aromatic nitrogens is 9. The third kappa shape index (κ3) is 10.9. The van der Waals surface area contributed by atoms with Gasteiger partial charge in [0.05, 0.1) is 65.5 Å². The molecule has 8 aliphatic carbocycles. The molecule has 4 aromatic carbocycles. The van der Waals surface area contributed by atoms with Gasteiger partial charge >= 0.3 is 0 Å². The number of carbonyl (C=O) groups is 2. The Balaban J connectivity index is 0.000000115. The molecule has 5 aromatic heterocycles. The predicted molar refractivity (Wildman–Crippen MR) is 367 cm³/mol. The minimum Gasteiger partial charge on any atom is -0.524 e. The van der Waals surface area contributed by atoms with Crippen molar-refractivity contribution in [2.24, 2.45) is 37.8 Å². The van der Waals surface area contributed by atoms with Crippen LogP contribution in [0.25, 0.3) is 54.7 Å². The van der Waals surface area contributed by atoms with E-state index < -0.39 is 0 Å². The second kappa shape index (κ2) is 25.1. The van der Waals surface area contributed by atoms with Crippen molar-refractivity contribution in [2.75, 3.05) is 0 Å². The number of fused-ring (bicyclic) bond motifs is 13. The number of rotatable bonds is 4. The van der Waals surface area contributed by atoms with Crippen LogP contribution in [0.2, 0.25) is 0 Å². The lowest BCUT2D eigenvalue weighted by molar-refractivity contribution is -0.119. The number of aromatic amines is 2. The first-order valence-electron chi connectivity index (χ1n) is 34.2. The molecule has 0 amide bonds. The van der Waals surface area contributed by atoms with Crippen molar-refractivity contribution in [3.05, 3.63) is 242 Å². The third-order valence-electron chi connectivity index (χ3n) is 22.9. The number of allylic oxidation sites excluding steroid dienone is 5. The maximum atomic E-state index is 12.1. The van der Waals surface area contributed by atoms with Crippen LogP contribution in [-0.2, 0) is 83.9 Å². The molecule has 9 aromatic rings. The zero-order valence-corrected chi connectivity index (χ0v) is 55.3. The Morgan fingerprint density at radius 2 is 1.05 bits per heavy atom. The summed E-state index contributed by atoms with van der Waals surface area (Å²) in [4.78, 5) is 31.2. The number of benzene rings is 4. The summed E-state index contributed by atoms with van der Waals surface area (Å²) in [5, 5.41) is 49.2. The van der Waals surface area contributed by atoms with E-state index in [0.717, 1.165) is 115 Å². The molecule has 17 rings (SSSR count). The second-order valence-corrected chi connectivity index (χ2v) is 28.2. The van der Waals surface area contributed by atoms with E-state index in [4.69, 9.17) is 29.2 Å².